The fourth-order valence-electron chi connectivity index (χ4n) is 2.85. The third-order valence-corrected chi connectivity index (χ3v) is 5.40. The Morgan fingerprint density at radius 1 is 0.500 bits per heavy atom. The molecular formula is C21H43S. The molecule has 0 bridgehead atoms. The van der Waals surface area contributed by atoms with E-state index in [1.54, 1.807) is 0 Å². The van der Waals surface area contributed by atoms with E-state index in [-0.39, 0.29) is 0 Å². The summed E-state index contributed by atoms with van der Waals surface area (Å²) in [6.07, 6.45) is 24.4. The van der Waals surface area contributed by atoms with Gasteiger partial charge in [0.2, 0.25) is 0 Å². The van der Waals surface area contributed by atoms with Crippen molar-refractivity contribution in [2.75, 3.05) is 5.75 Å². The van der Waals surface area contributed by atoms with Crippen LogP contribution < -0.4 is 0 Å². The highest BCUT2D eigenvalue weighted by Gasteiger charge is 1.95. The SMILES string of the molecule is CCCCCCCCCCC[CH]SCCCCCCCCC. The molecule has 0 fully saturated rings. The molecule has 0 aromatic heterocycles. The molecule has 22 heavy (non-hydrogen) atoms. The first-order valence-corrected chi connectivity index (χ1v) is 11.4. The van der Waals surface area contributed by atoms with Crippen molar-refractivity contribution in [1.82, 2.24) is 0 Å². The standard InChI is InChI=1S/C21H43S/c1-3-5-7-9-11-12-13-15-17-19-21-22-20-18-16-14-10-8-6-4-2/h21H,3-20H2,1-2H3. The number of thioether (sulfide) groups is 1. The molecule has 0 amide bonds. The Morgan fingerprint density at radius 2 is 0.909 bits per heavy atom. The maximum atomic E-state index is 2.47. The van der Waals surface area contributed by atoms with Gasteiger partial charge in [0, 0.05) is 5.75 Å². The van der Waals surface area contributed by atoms with Crippen LogP contribution >= 0.6 is 11.8 Å². The zero-order valence-electron chi connectivity index (χ0n) is 15.7. The van der Waals surface area contributed by atoms with E-state index in [0.29, 0.717) is 0 Å². The molecule has 0 saturated carbocycles. The fourth-order valence-corrected chi connectivity index (χ4v) is 3.72. The summed E-state index contributed by atoms with van der Waals surface area (Å²) in [5, 5.41) is 0. The highest BCUT2D eigenvalue weighted by molar-refractivity contribution is 8.01. The lowest BCUT2D eigenvalue weighted by Crippen LogP contribution is -1.84. The van der Waals surface area contributed by atoms with Crippen LogP contribution in [0.5, 0.6) is 0 Å². The number of rotatable bonds is 19. The molecule has 0 aromatic carbocycles. The summed E-state index contributed by atoms with van der Waals surface area (Å²) in [5.41, 5.74) is 0. The second kappa shape index (κ2) is 21.4. The van der Waals surface area contributed by atoms with Crippen LogP contribution in [0.25, 0.3) is 0 Å². The van der Waals surface area contributed by atoms with Crippen LogP contribution in [0.1, 0.15) is 123 Å². The van der Waals surface area contributed by atoms with E-state index in [0.717, 1.165) is 0 Å². The van der Waals surface area contributed by atoms with Crippen LogP contribution in [0.4, 0.5) is 0 Å². The molecule has 0 aliphatic carbocycles. The number of hydrogen-bond donors (Lipinski definition) is 0. The van der Waals surface area contributed by atoms with Gasteiger partial charge in [0.1, 0.15) is 0 Å². The topological polar surface area (TPSA) is 0 Å². The second-order valence-electron chi connectivity index (χ2n) is 6.78. The van der Waals surface area contributed by atoms with Gasteiger partial charge in [-0.2, -0.15) is 11.8 Å². The average molecular weight is 328 g/mol. The molecule has 0 spiro atoms. The van der Waals surface area contributed by atoms with Crippen LogP contribution in [-0.2, 0) is 0 Å². The van der Waals surface area contributed by atoms with Gasteiger partial charge in [0.25, 0.3) is 0 Å². The van der Waals surface area contributed by atoms with Crippen molar-refractivity contribution in [3.8, 4) is 0 Å². The summed E-state index contributed by atoms with van der Waals surface area (Å²) in [4.78, 5) is 0. The van der Waals surface area contributed by atoms with Gasteiger partial charge in [-0.25, -0.2) is 0 Å². The molecule has 0 rings (SSSR count). The van der Waals surface area contributed by atoms with Gasteiger partial charge >= 0.3 is 0 Å². The summed E-state index contributed by atoms with van der Waals surface area (Å²) in [5.74, 6) is 3.82. The van der Waals surface area contributed by atoms with Crippen LogP contribution in [-0.4, -0.2) is 5.75 Å². The molecule has 133 valence electrons. The van der Waals surface area contributed by atoms with Gasteiger partial charge < -0.3 is 0 Å². The summed E-state index contributed by atoms with van der Waals surface area (Å²) >= 11 is 2.07. The van der Waals surface area contributed by atoms with Crippen LogP contribution in [0, 0.1) is 5.75 Å². The highest BCUT2D eigenvalue weighted by Crippen LogP contribution is 2.17. The van der Waals surface area contributed by atoms with Gasteiger partial charge in [0.15, 0.2) is 0 Å². The molecule has 0 saturated heterocycles. The minimum Gasteiger partial charge on any atom is -0.157 e. The Labute approximate surface area is 146 Å². The van der Waals surface area contributed by atoms with E-state index < -0.39 is 0 Å². The van der Waals surface area contributed by atoms with Crippen molar-refractivity contribution < 1.29 is 0 Å². The zero-order valence-corrected chi connectivity index (χ0v) is 16.5. The van der Waals surface area contributed by atoms with Crippen LogP contribution in [0.2, 0.25) is 0 Å². The van der Waals surface area contributed by atoms with Gasteiger partial charge in [-0.05, 0) is 18.6 Å². The third kappa shape index (κ3) is 20.3. The van der Waals surface area contributed by atoms with E-state index >= 15 is 0 Å². The minimum absolute atomic E-state index is 1.33. The molecule has 0 atom stereocenters. The van der Waals surface area contributed by atoms with Crippen molar-refractivity contribution in [3.63, 3.8) is 0 Å². The lowest BCUT2D eigenvalue weighted by molar-refractivity contribution is 0.565. The molecule has 0 nitrogen and oxygen atoms in total. The largest absolute Gasteiger partial charge is 0.157 e. The van der Waals surface area contributed by atoms with E-state index in [4.69, 9.17) is 0 Å². The van der Waals surface area contributed by atoms with Crippen molar-refractivity contribution in [2.45, 2.75) is 123 Å². The quantitative estimate of drug-likeness (QED) is 0.214. The van der Waals surface area contributed by atoms with Crippen molar-refractivity contribution >= 4 is 11.8 Å². The van der Waals surface area contributed by atoms with Gasteiger partial charge in [-0.3, -0.25) is 0 Å². The molecule has 0 heterocycles. The molecular weight excluding hydrogens is 284 g/mol. The second-order valence-corrected chi connectivity index (χ2v) is 7.85. The van der Waals surface area contributed by atoms with Crippen molar-refractivity contribution in [1.29, 1.82) is 0 Å². The Bertz CT molecular complexity index is 159. The lowest BCUT2D eigenvalue weighted by Gasteiger charge is -2.03. The summed E-state index contributed by atoms with van der Waals surface area (Å²) in [7, 11) is 0. The van der Waals surface area contributed by atoms with Crippen LogP contribution in [0.3, 0.4) is 0 Å². The average Bonchev–Trinajstić information content (AvgIpc) is 2.54. The molecule has 0 aliphatic rings. The first-order chi connectivity index (χ1) is 10.9. The number of hydrogen-bond acceptors (Lipinski definition) is 1. The smallest absolute Gasteiger partial charge is 0.0166 e. The minimum atomic E-state index is 1.33. The zero-order chi connectivity index (χ0) is 16.1. The maximum absolute atomic E-state index is 2.47. The molecule has 1 heteroatoms. The molecule has 1 radical (unpaired) electrons. The summed E-state index contributed by atoms with van der Waals surface area (Å²) < 4.78 is 0. The van der Waals surface area contributed by atoms with Gasteiger partial charge in [0.05, 0.1) is 0 Å². The van der Waals surface area contributed by atoms with Gasteiger partial charge in [-0.15, -0.1) is 0 Å². The summed E-state index contributed by atoms with van der Waals surface area (Å²) in [6.45, 7) is 4.59. The van der Waals surface area contributed by atoms with E-state index in [1.807, 2.05) is 0 Å². The fraction of sp³-hybridized carbons (Fsp3) is 0.952. The van der Waals surface area contributed by atoms with E-state index in [9.17, 15) is 0 Å². The Morgan fingerprint density at radius 3 is 1.41 bits per heavy atom. The third-order valence-electron chi connectivity index (χ3n) is 4.41. The first kappa shape index (κ1) is 22.4. The normalized spacial score (nSPS) is 11.2. The Hall–Kier alpha value is 0.350. The van der Waals surface area contributed by atoms with Crippen molar-refractivity contribution in [3.05, 3.63) is 5.75 Å². The molecule has 0 N–H and O–H groups in total. The maximum Gasteiger partial charge on any atom is 0.0166 e. The van der Waals surface area contributed by atoms with Crippen molar-refractivity contribution in [2.24, 2.45) is 0 Å². The Kier molecular flexibility index (Phi) is 21.7. The van der Waals surface area contributed by atoms with Gasteiger partial charge in [-0.1, -0.05) is 110 Å². The Balaban J connectivity index is 2.91. The number of unbranched alkanes of at least 4 members (excludes halogenated alkanes) is 15. The molecule has 0 aliphatic heterocycles. The summed E-state index contributed by atoms with van der Waals surface area (Å²) in [6, 6.07) is 0. The molecule has 0 aromatic rings. The van der Waals surface area contributed by atoms with E-state index in [2.05, 4.69) is 31.4 Å². The predicted octanol–water partition coefficient (Wildman–Crippen LogP) is 8.55. The highest BCUT2D eigenvalue weighted by atomic mass is 32.2. The van der Waals surface area contributed by atoms with Crippen LogP contribution in [0.15, 0.2) is 0 Å². The lowest BCUT2D eigenvalue weighted by atomic mass is 10.1. The first-order valence-electron chi connectivity index (χ1n) is 10.3. The predicted molar refractivity (Wildman–Crippen MR) is 107 cm³/mol. The molecule has 0 unspecified atom stereocenters. The van der Waals surface area contributed by atoms with E-state index in [1.165, 1.54) is 115 Å². The monoisotopic (exact) mass is 327 g/mol.